The number of aromatic nitrogens is 2. The van der Waals surface area contributed by atoms with Crippen LogP contribution in [0.1, 0.15) is 72.0 Å². The maximum atomic E-state index is 13.0. The van der Waals surface area contributed by atoms with Gasteiger partial charge in [-0.3, -0.25) is 9.59 Å². The number of hydrogen-bond acceptors (Lipinski definition) is 5. The highest BCUT2D eigenvalue weighted by molar-refractivity contribution is 8.09. The van der Waals surface area contributed by atoms with Gasteiger partial charge >= 0.3 is 0 Å². The molecule has 3 heterocycles. The summed E-state index contributed by atoms with van der Waals surface area (Å²) in [5.74, 6) is -1.34. The summed E-state index contributed by atoms with van der Waals surface area (Å²) in [6.07, 6.45) is 7.64. The number of hydrogen-bond donors (Lipinski definition) is 1. The second kappa shape index (κ2) is 10.1. The van der Waals surface area contributed by atoms with Crippen molar-refractivity contribution in [1.82, 2.24) is 9.38 Å². The van der Waals surface area contributed by atoms with Gasteiger partial charge in [0.15, 0.2) is 0 Å². The van der Waals surface area contributed by atoms with Gasteiger partial charge in [0.2, 0.25) is 5.88 Å². The first kappa shape index (κ1) is 24.1. The van der Waals surface area contributed by atoms with Gasteiger partial charge in [0.25, 0.3) is 11.7 Å². The molecule has 0 fully saturated rings. The van der Waals surface area contributed by atoms with E-state index in [9.17, 15) is 9.59 Å². The van der Waals surface area contributed by atoms with Crippen LogP contribution in [0, 0.1) is 6.92 Å². The fourth-order valence-corrected chi connectivity index (χ4v) is 5.92. The summed E-state index contributed by atoms with van der Waals surface area (Å²) >= 11 is 1.94. The van der Waals surface area contributed by atoms with Gasteiger partial charge in [0, 0.05) is 28.5 Å². The Hall–Kier alpha value is -3.06. The Labute approximate surface area is 204 Å². The third kappa shape index (κ3) is 4.37. The van der Waals surface area contributed by atoms with Crippen LogP contribution >= 0.6 is 11.8 Å². The molecule has 178 valence electrons. The monoisotopic (exact) mass is 477 g/mol. The molecule has 0 aliphatic carbocycles. The van der Waals surface area contributed by atoms with Gasteiger partial charge in [0.1, 0.15) is 5.52 Å². The number of allylic oxidation sites excluding steroid dienone is 1. The van der Waals surface area contributed by atoms with E-state index in [4.69, 9.17) is 10.5 Å². The number of fused-ring (bicyclic) bond motifs is 1. The van der Waals surface area contributed by atoms with E-state index in [2.05, 4.69) is 36.2 Å². The Morgan fingerprint density at radius 3 is 2.65 bits per heavy atom. The lowest BCUT2D eigenvalue weighted by molar-refractivity contribution is -0.114. The molecule has 1 amide bonds. The zero-order valence-corrected chi connectivity index (χ0v) is 21.0. The van der Waals surface area contributed by atoms with Crippen molar-refractivity contribution < 1.29 is 14.3 Å². The van der Waals surface area contributed by atoms with Crippen LogP contribution in [0.2, 0.25) is 0 Å². The van der Waals surface area contributed by atoms with Crippen molar-refractivity contribution in [2.45, 2.75) is 58.6 Å². The van der Waals surface area contributed by atoms with Gasteiger partial charge in [0.05, 0.1) is 17.9 Å². The van der Waals surface area contributed by atoms with Crippen LogP contribution in [-0.4, -0.2) is 32.9 Å². The molecule has 1 atom stereocenters. The number of carbonyl (C=O) groups is 2. The fraction of sp³-hybridized carbons (Fsp3) is 0.370. The van der Waals surface area contributed by atoms with Crippen molar-refractivity contribution in [3.05, 3.63) is 70.2 Å². The lowest BCUT2D eigenvalue weighted by Gasteiger charge is -2.14. The lowest BCUT2D eigenvalue weighted by Crippen LogP contribution is -2.24. The molecule has 6 nitrogen and oxygen atoms in total. The minimum Gasteiger partial charge on any atom is -0.476 e. The zero-order valence-electron chi connectivity index (χ0n) is 20.2. The minimum atomic E-state index is -0.977. The van der Waals surface area contributed by atoms with E-state index in [-0.39, 0.29) is 0 Å². The number of benzene rings is 1. The summed E-state index contributed by atoms with van der Waals surface area (Å²) in [5.41, 5.74) is 11.2. The molecule has 1 aliphatic rings. The molecular weight excluding hydrogens is 446 g/mol. The Bertz CT molecular complexity index is 1290. The number of ether oxygens (including phenoxy) is 1. The number of amides is 1. The standard InChI is InChI=1S/C27H31N3O3S/c1-5-18-12-13-22(34-18)20-11-9-8-10-17(20)14-21-19(6-2)23(25(31)26(28)32)24-27(33-7-3)29-16(4)15-30(21)24/h8-11,13,15,18H,5-7,12,14H2,1-4H3,(H2,28,32). The van der Waals surface area contributed by atoms with Gasteiger partial charge in [-0.15, -0.1) is 11.8 Å². The predicted molar refractivity (Wildman–Crippen MR) is 138 cm³/mol. The summed E-state index contributed by atoms with van der Waals surface area (Å²) in [6.45, 7) is 8.37. The Morgan fingerprint density at radius 1 is 1.24 bits per heavy atom. The summed E-state index contributed by atoms with van der Waals surface area (Å²) in [6, 6.07) is 8.43. The van der Waals surface area contributed by atoms with Crippen LogP contribution in [-0.2, 0) is 17.6 Å². The molecule has 2 N–H and O–H groups in total. The number of carbonyl (C=O) groups excluding carboxylic acids is 2. The smallest absolute Gasteiger partial charge is 0.289 e. The quantitative estimate of drug-likeness (QED) is 0.341. The molecule has 0 radical (unpaired) electrons. The van der Waals surface area contributed by atoms with E-state index < -0.39 is 11.7 Å². The molecule has 34 heavy (non-hydrogen) atoms. The Kier molecular flexibility index (Phi) is 7.12. The summed E-state index contributed by atoms with van der Waals surface area (Å²) in [4.78, 5) is 30.8. The van der Waals surface area contributed by atoms with Crippen LogP contribution in [0.25, 0.3) is 10.4 Å². The van der Waals surface area contributed by atoms with E-state index >= 15 is 0 Å². The van der Waals surface area contributed by atoms with Crippen LogP contribution in [0.15, 0.2) is 36.5 Å². The first-order chi connectivity index (χ1) is 16.4. The average Bonchev–Trinajstić information content (AvgIpc) is 3.42. The number of thioether (sulfide) groups is 1. The van der Waals surface area contributed by atoms with Gasteiger partial charge < -0.3 is 14.9 Å². The largest absolute Gasteiger partial charge is 0.476 e. The highest BCUT2D eigenvalue weighted by Crippen LogP contribution is 2.42. The van der Waals surface area contributed by atoms with Crippen LogP contribution in [0.5, 0.6) is 5.88 Å². The summed E-state index contributed by atoms with van der Waals surface area (Å²) < 4.78 is 7.79. The third-order valence-electron chi connectivity index (χ3n) is 6.26. The molecule has 4 rings (SSSR count). The highest BCUT2D eigenvalue weighted by atomic mass is 32.2. The van der Waals surface area contributed by atoms with Crippen molar-refractivity contribution in [2.75, 3.05) is 6.61 Å². The molecule has 1 aromatic carbocycles. The van der Waals surface area contributed by atoms with E-state index in [1.165, 1.54) is 16.0 Å². The molecule has 0 bridgehead atoms. The van der Waals surface area contributed by atoms with Crippen LogP contribution < -0.4 is 10.5 Å². The molecule has 2 aromatic heterocycles. The first-order valence-electron chi connectivity index (χ1n) is 11.8. The average molecular weight is 478 g/mol. The number of Topliss-reactive ketones (excluding diaryl/α,β-unsaturated/α-hetero) is 1. The summed E-state index contributed by atoms with van der Waals surface area (Å²) in [5, 5.41) is 0.616. The maximum Gasteiger partial charge on any atom is 0.289 e. The fourth-order valence-electron chi connectivity index (χ4n) is 4.68. The molecule has 7 heteroatoms. The van der Waals surface area contributed by atoms with Crippen molar-refractivity contribution in [1.29, 1.82) is 0 Å². The SMILES string of the molecule is CCOc1nc(C)cn2c(Cc3ccccc3C3=CCC(CC)S3)c(CC)c(C(=O)C(N)=O)c12. The molecular formula is C27H31N3O3S. The first-order valence-corrected chi connectivity index (χ1v) is 12.7. The predicted octanol–water partition coefficient (Wildman–Crippen LogP) is 5.12. The maximum absolute atomic E-state index is 13.0. The van der Waals surface area contributed by atoms with Gasteiger partial charge in [-0.05, 0) is 49.8 Å². The molecule has 1 unspecified atom stereocenters. The summed E-state index contributed by atoms with van der Waals surface area (Å²) in [7, 11) is 0. The van der Waals surface area contributed by atoms with Gasteiger partial charge in [-0.25, -0.2) is 4.98 Å². The van der Waals surface area contributed by atoms with E-state index in [0.29, 0.717) is 41.7 Å². The second-order valence-electron chi connectivity index (χ2n) is 8.47. The topological polar surface area (TPSA) is 86.7 Å². The Morgan fingerprint density at radius 2 is 2.00 bits per heavy atom. The lowest BCUT2D eigenvalue weighted by atomic mass is 9.96. The number of aryl methyl sites for hydroxylation is 1. The van der Waals surface area contributed by atoms with Crippen LogP contribution in [0.4, 0.5) is 0 Å². The van der Waals surface area contributed by atoms with E-state index in [1.54, 1.807) is 0 Å². The molecule has 3 aromatic rings. The minimum absolute atomic E-state index is 0.305. The second-order valence-corrected chi connectivity index (χ2v) is 9.81. The van der Waals surface area contributed by atoms with E-state index in [1.807, 2.05) is 49.2 Å². The molecule has 0 saturated carbocycles. The van der Waals surface area contributed by atoms with E-state index in [0.717, 1.165) is 29.8 Å². The number of ketones is 1. The number of primary amides is 1. The van der Waals surface area contributed by atoms with Gasteiger partial charge in [-0.1, -0.05) is 44.2 Å². The zero-order chi connectivity index (χ0) is 24.4. The van der Waals surface area contributed by atoms with Crippen LogP contribution in [0.3, 0.4) is 0 Å². The third-order valence-corrected chi connectivity index (χ3v) is 7.76. The normalized spacial score (nSPS) is 15.5. The number of nitrogens with two attached hydrogens (primary N) is 1. The molecule has 0 saturated heterocycles. The molecule has 0 spiro atoms. The number of rotatable bonds is 9. The van der Waals surface area contributed by atoms with Crippen molar-refractivity contribution in [3.8, 4) is 5.88 Å². The number of nitrogens with zero attached hydrogens (tertiary/aromatic N) is 2. The Balaban J connectivity index is 1.93. The highest BCUT2D eigenvalue weighted by Gasteiger charge is 2.29. The van der Waals surface area contributed by atoms with Gasteiger partial charge in [-0.2, -0.15) is 0 Å². The molecule has 1 aliphatic heterocycles. The van der Waals surface area contributed by atoms with Crippen molar-refractivity contribution >= 4 is 33.9 Å². The van der Waals surface area contributed by atoms with Crippen molar-refractivity contribution in [2.24, 2.45) is 5.73 Å². The van der Waals surface area contributed by atoms with Crippen molar-refractivity contribution in [3.63, 3.8) is 0 Å².